The fourth-order valence-electron chi connectivity index (χ4n) is 3.01. The van der Waals surface area contributed by atoms with Crippen LogP contribution in [0.2, 0.25) is 0 Å². The minimum Gasteiger partial charge on any atom is -0.504 e. The van der Waals surface area contributed by atoms with Gasteiger partial charge in [-0.3, -0.25) is 4.79 Å². The quantitative estimate of drug-likeness (QED) is 0.202. The Hall–Kier alpha value is -3.88. The number of rotatable bonds is 7. The number of methoxy groups -OCH3 is 2. The molecule has 1 fully saturated rings. The van der Waals surface area contributed by atoms with Crippen LogP contribution >= 0.6 is 0 Å². The summed E-state index contributed by atoms with van der Waals surface area (Å²) in [5.41, 5.74) is -2.05. The summed E-state index contributed by atoms with van der Waals surface area (Å²) in [4.78, 5) is 36.5. The van der Waals surface area contributed by atoms with E-state index in [1.807, 2.05) is 0 Å². The van der Waals surface area contributed by atoms with Crippen LogP contribution < -0.4 is 14.9 Å². The lowest BCUT2D eigenvalue weighted by molar-refractivity contribution is -0.158. The van der Waals surface area contributed by atoms with Gasteiger partial charge in [0.2, 0.25) is 6.10 Å². The fourth-order valence-corrected chi connectivity index (χ4v) is 3.01. The molecule has 15 heteroatoms. The number of carbonyl (C=O) groups excluding carboxylic acids is 2. The molecule has 1 aliphatic heterocycles. The maximum atomic E-state index is 14.0. The Morgan fingerprint density at radius 3 is 1.94 bits per heavy atom. The van der Waals surface area contributed by atoms with Crippen LogP contribution in [0.3, 0.4) is 0 Å². The van der Waals surface area contributed by atoms with Gasteiger partial charge in [-0.1, -0.05) is 6.07 Å². The van der Waals surface area contributed by atoms with Gasteiger partial charge in [0.15, 0.2) is 35.2 Å². The number of benzene rings is 2. The van der Waals surface area contributed by atoms with E-state index < -0.39 is 71.8 Å². The minimum absolute atomic E-state index is 0.0947. The summed E-state index contributed by atoms with van der Waals surface area (Å²) in [6.07, 6.45) is -4.79. The molecular formula is C19H12BF5O9. The molecule has 9 nitrogen and oxygen atoms in total. The van der Waals surface area contributed by atoms with Crippen LogP contribution in [0.4, 0.5) is 22.0 Å². The predicted molar refractivity (Wildman–Crippen MR) is 99.0 cm³/mol. The lowest BCUT2D eigenvalue weighted by Crippen LogP contribution is -2.44. The lowest BCUT2D eigenvalue weighted by Gasteiger charge is -2.19. The summed E-state index contributed by atoms with van der Waals surface area (Å²) in [6.45, 7) is 0. The van der Waals surface area contributed by atoms with E-state index in [1.165, 1.54) is 32.4 Å². The van der Waals surface area contributed by atoms with Crippen molar-refractivity contribution in [2.75, 3.05) is 14.2 Å². The highest BCUT2D eigenvalue weighted by atomic mass is 19.2. The standard InChI is InChI=1S/C19H12BF5O9/c1-30-6-4-3-5-7(31-2)8(6)18(28)32-15(17(26)27)16-19(29)34-20(33-16)9-10(21)12(23)14(25)13(24)11(9)22/h3-5,15-16H,1-2H3,(H,26,27)/t15-,16-/m1/s1. The van der Waals surface area contributed by atoms with Crippen LogP contribution in [-0.4, -0.2) is 56.6 Å². The second-order valence-corrected chi connectivity index (χ2v) is 6.51. The van der Waals surface area contributed by atoms with Crippen LogP contribution in [0, 0.1) is 29.1 Å². The molecule has 0 saturated carbocycles. The molecule has 3 rings (SSSR count). The first-order chi connectivity index (χ1) is 16.0. The van der Waals surface area contributed by atoms with Crippen molar-refractivity contribution in [3.8, 4) is 11.5 Å². The number of carbonyl (C=O) groups is 3. The highest BCUT2D eigenvalue weighted by Crippen LogP contribution is 2.30. The first-order valence-electron chi connectivity index (χ1n) is 9.05. The Labute approximate surface area is 187 Å². The molecule has 0 aliphatic carbocycles. The molecule has 0 amide bonds. The third-order valence-corrected chi connectivity index (χ3v) is 4.59. The van der Waals surface area contributed by atoms with E-state index in [0.29, 0.717) is 0 Å². The summed E-state index contributed by atoms with van der Waals surface area (Å²) in [5, 5.41) is 9.45. The number of carboxylic acids is 1. The van der Waals surface area contributed by atoms with Gasteiger partial charge in [-0.05, 0) is 12.1 Å². The van der Waals surface area contributed by atoms with Crippen LogP contribution in [0.5, 0.6) is 11.5 Å². The first-order valence-corrected chi connectivity index (χ1v) is 9.05. The molecule has 0 unspecified atom stereocenters. The molecule has 180 valence electrons. The van der Waals surface area contributed by atoms with Gasteiger partial charge in [0.25, 0.3) is 0 Å². The number of hydrogen-bond acceptors (Lipinski definition) is 8. The number of hydrogen-bond donors (Lipinski definition) is 1. The van der Waals surface area contributed by atoms with Crippen LogP contribution in [0.1, 0.15) is 10.4 Å². The maximum absolute atomic E-state index is 14.0. The van der Waals surface area contributed by atoms with Crippen molar-refractivity contribution in [1.29, 1.82) is 0 Å². The Morgan fingerprint density at radius 2 is 1.47 bits per heavy atom. The zero-order chi connectivity index (χ0) is 25.3. The normalized spacial score (nSPS) is 16.1. The minimum atomic E-state index is -2.52. The first kappa shape index (κ1) is 24.8. The van der Waals surface area contributed by atoms with Gasteiger partial charge in [0.1, 0.15) is 17.1 Å². The Kier molecular flexibility index (Phi) is 6.95. The molecule has 1 heterocycles. The number of aliphatic carboxylic acids is 1. The molecule has 0 bridgehead atoms. The SMILES string of the molecule is COc1cccc(OC)c1C(=O)O[C@@H](C(=O)O)[C@H]1OB(c2c(F)c(F)c(F)c(F)c2F)OC1=O. The van der Waals surface area contributed by atoms with Crippen molar-refractivity contribution in [2.45, 2.75) is 12.2 Å². The summed E-state index contributed by atoms with van der Waals surface area (Å²) < 4.78 is 92.5. The van der Waals surface area contributed by atoms with Gasteiger partial charge in [-0.2, -0.15) is 0 Å². The van der Waals surface area contributed by atoms with E-state index in [9.17, 15) is 41.4 Å². The third kappa shape index (κ3) is 4.21. The monoisotopic (exact) mass is 490 g/mol. The van der Waals surface area contributed by atoms with Crippen LogP contribution in [0.25, 0.3) is 0 Å². The third-order valence-electron chi connectivity index (χ3n) is 4.59. The fraction of sp³-hybridized carbons (Fsp3) is 0.211. The van der Waals surface area contributed by atoms with E-state index in [4.69, 9.17) is 18.9 Å². The summed E-state index contributed by atoms with van der Waals surface area (Å²) in [5.74, 6) is -17.0. The van der Waals surface area contributed by atoms with Crippen LogP contribution in [-0.2, 0) is 23.6 Å². The molecule has 0 aromatic heterocycles. The van der Waals surface area contributed by atoms with Gasteiger partial charge in [-0.25, -0.2) is 31.5 Å². The highest BCUT2D eigenvalue weighted by molar-refractivity contribution is 6.64. The van der Waals surface area contributed by atoms with Gasteiger partial charge in [-0.15, -0.1) is 0 Å². The summed E-state index contributed by atoms with van der Waals surface area (Å²) in [6, 6.07) is 4.07. The van der Waals surface area contributed by atoms with Crippen molar-refractivity contribution in [2.24, 2.45) is 0 Å². The molecule has 1 aliphatic rings. The van der Waals surface area contributed by atoms with Gasteiger partial charge < -0.3 is 28.6 Å². The molecule has 2 aromatic carbocycles. The van der Waals surface area contributed by atoms with E-state index in [2.05, 4.69) is 4.65 Å². The van der Waals surface area contributed by atoms with Crippen molar-refractivity contribution in [3.05, 3.63) is 52.8 Å². The Morgan fingerprint density at radius 1 is 0.971 bits per heavy atom. The maximum Gasteiger partial charge on any atom is 0.571 e. The van der Waals surface area contributed by atoms with Gasteiger partial charge in [0, 0.05) is 0 Å². The highest BCUT2D eigenvalue weighted by Gasteiger charge is 2.52. The lowest BCUT2D eigenvalue weighted by atomic mass is 9.78. The average Bonchev–Trinajstić information content (AvgIpc) is 3.19. The predicted octanol–water partition coefficient (Wildman–Crippen LogP) is 1.35. The number of carboxylic acid groups (broad SMARTS) is 1. The zero-order valence-electron chi connectivity index (χ0n) is 17.1. The molecule has 1 saturated heterocycles. The van der Waals surface area contributed by atoms with Crippen molar-refractivity contribution >= 4 is 30.5 Å². The zero-order valence-corrected chi connectivity index (χ0v) is 17.1. The molecule has 0 radical (unpaired) electrons. The smallest absolute Gasteiger partial charge is 0.504 e. The van der Waals surface area contributed by atoms with E-state index in [0.717, 1.165) is 0 Å². The Bertz CT molecular complexity index is 1120. The number of ether oxygens (including phenoxy) is 3. The molecule has 2 aromatic rings. The number of halogens is 5. The molecule has 1 N–H and O–H groups in total. The second kappa shape index (κ2) is 9.55. The largest absolute Gasteiger partial charge is 0.571 e. The van der Waals surface area contributed by atoms with Gasteiger partial charge >= 0.3 is 25.0 Å². The molecule has 0 spiro atoms. The van der Waals surface area contributed by atoms with Gasteiger partial charge in [0.05, 0.1) is 19.7 Å². The van der Waals surface area contributed by atoms with E-state index in [-0.39, 0.29) is 17.1 Å². The van der Waals surface area contributed by atoms with E-state index in [1.54, 1.807) is 0 Å². The summed E-state index contributed by atoms with van der Waals surface area (Å²) in [7, 11) is -0.151. The number of esters is 1. The van der Waals surface area contributed by atoms with Crippen molar-refractivity contribution < 1.29 is 65.0 Å². The molecular weight excluding hydrogens is 478 g/mol. The summed E-state index contributed by atoms with van der Waals surface area (Å²) >= 11 is 0. The van der Waals surface area contributed by atoms with E-state index >= 15 is 0 Å². The average molecular weight is 490 g/mol. The van der Waals surface area contributed by atoms with Crippen molar-refractivity contribution in [3.63, 3.8) is 0 Å². The van der Waals surface area contributed by atoms with Crippen LogP contribution in [0.15, 0.2) is 18.2 Å². The molecule has 34 heavy (non-hydrogen) atoms. The van der Waals surface area contributed by atoms with Crippen molar-refractivity contribution in [1.82, 2.24) is 0 Å². The second-order valence-electron chi connectivity index (χ2n) is 6.51. The molecule has 2 atom stereocenters. The Balaban J connectivity index is 1.93. The topological polar surface area (TPSA) is 118 Å².